The van der Waals surface area contributed by atoms with Crippen molar-refractivity contribution in [3.05, 3.63) is 65.4 Å². The van der Waals surface area contributed by atoms with Gasteiger partial charge in [-0.25, -0.2) is 4.39 Å². The summed E-state index contributed by atoms with van der Waals surface area (Å²) in [4.78, 5) is 12.2. The van der Waals surface area contributed by atoms with Gasteiger partial charge in [0.05, 0.1) is 11.3 Å². The summed E-state index contributed by atoms with van der Waals surface area (Å²) in [6.07, 6.45) is 1.69. The van der Waals surface area contributed by atoms with Crippen molar-refractivity contribution in [2.45, 2.75) is 11.7 Å². The summed E-state index contributed by atoms with van der Waals surface area (Å²) in [5, 5.41) is 21.7. The molecule has 0 saturated heterocycles. The molecule has 0 spiro atoms. The van der Waals surface area contributed by atoms with Gasteiger partial charge in [-0.3, -0.25) is 9.36 Å². The lowest BCUT2D eigenvalue weighted by molar-refractivity contribution is -0.113. The molecule has 0 bridgehead atoms. The zero-order chi connectivity index (χ0) is 20.1. The first kappa shape index (κ1) is 20.1. The predicted octanol–water partition coefficient (Wildman–Crippen LogP) is 4.47. The number of phenols is 1. The monoisotopic (exact) mass is 462 g/mol. The van der Waals surface area contributed by atoms with Crippen LogP contribution >= 0.6 is 27.7 Å². The highest BCUT2D eigenvalue weighted by Gasteiger charge is 2.17. The number of aromatic nitrogens is 3. The fraction of sp³-hybridized carbons (Fsp3) is 0.105. The van der Waals surface area contributed by atoms with Gasteiger partial charge in [-0.15, -0.1) is 16.8 Å². The van der Waals surface area contributed by atoms with Gasteiger partial charge < -0.3 is 10.4 Å². The maximum atomic E-state index is 12.9. The number of carbonyl (C=O) groups is 1. The van der Waals surface area contributed by atoms with Crippen LogP contribution in [0.1, 0.15) is 0 Å². The Morgan fingerprint density at radius 2 is 2.04 bits per heavy atom. The van der Waals surface area contributed by atoms with E-state index < -0.39 is 0 Å². The van der Waals surface area contributed by atoms with Gasteiger partial charge in [-0.05, 0) is 42.5 Å². The van der Waals surface area contributed by atoms with Gasteiger partial charge in [0.15, 0.2) is 11.0 Å². The van der Waals surface area contributed by atoms with E-state index in [4.69, 9.17) is 0 Å². The van der Waals surface area contributed by atoms with Crippen LogP contribution in [0.15, 0.2) is 64.7 Å². The molecule has 0 aliphatic carbocycles. The number of anilines is 1. The highest BCUT2D eigenvalue weighted by atomic mass is 79.9. The van der Waals surface area contributed by atoms with Crippen LogP contribution in [0.5, 0.6) is 5.75 Å². The van der Waals surface area contributed by atoms with E-state index in [-0.39, 0.29) is 23.2 Å². The number of halogens is 2. The summed E-state index contributed by atoms with van der Waals surface area (Å²) in [7, 11) is 0. The molecule has 1 aromatic heterocycles. The lowest BCUT2D eigenvalue weighted by Crippen LogP contribution is -2.14. The fourth-order valence-corrected chi connectivity index (χ4v) is 3.55. The molecule has 0 aliphatic rings. The normalized spacial score (nSPS) is 10.6. The fourth-order valence-electron chi connectivity index (χ4n) is 2.44. The number of thioether (sulfide) groups is 1. The first-order valence-corrected chi connectivity index (χ1v) is 9.97. The van der Waals surface area contributed by atoms with E-state index in [0.29, 0.717) is 28.8 Å². The van der Waals surface area contributed by atoms with Crippen molar-refractivity contribution in [3.63, 3.8) is 0 Å². The van der Waals surface area contributed by atoms with Crippen molar-refractivity contribution in [1.82, 2.24) is 14.8 Å². The van der Waals surface area contributed by atoms with E-state index in [0.717, 1.165) is 4.47 Å². The first-order valence-electron chi connectivity index (χ1n) is 8.19. The zero-order valence-corrected chi connectivity index (χ0v) is 17.0. The Hall–Kier alpha value is -2.65. The molecule has 3 aromatic rings. The molecule has 0 saturated carbocycles. The predicted molar refractivity (Wildman–Crippen MR) is 111 cm³/mol. The van der Waals surface area contributed by atoms with Gasteiger partial charge in [0, 0.05) is 16.7 Å². The molecule has 2 N–H and O–H groups in total. The highest BCUT2D eigenvalue weighted by Crippen LogP contribution is 2.32. The second kappa shape index (κ2) is 9.03. The van der Waals surface area contributed by atoms with Gasteiger partial charge in [0.1, 0.15) is 11.6 Å². The maximum absolute atomic E-state index is 12.9. The SMILES string of the molecule is C=CCn1c(SCC(=O)Nc2ccc(F)cc2)nnc1-c1cc(Br)ccc1O. The van der Waals surface area contributed by atoms with Crippen LogP contribution in [-0.4, -0.2) is 31.5 Å². The largest absolute Gasteiger partial charge is 0.507 e. The van der Waals surface area contributed by atoms with E-state index in [9.17, 15) is 14.3 Å². The van der Waals surface area contributed by atoms with Crippen molar-refractivity contribution < 1.29 is 14.3 Å². The third-order valence-corrected chi connectivity index (χ3v) is 5.15. The molecule has 1 heterocycles. The molecule has 0 atom stereocenters. The molecule has 0 unspecified atom stereocenters. The zero-order valence-electron chi connectivity index (χ0n) is 14.6. The minimum absolute atomic E-state index is 0.0755. The quantitative estimate of drug-likeness (QED) is 0.399. The lowest BCUT2D eigenvalue weighted by atomic mass is 10.2. The molecule has 1 amide bonds. The number of amides is 1. The molecule has 144 valence electrons. The number of rotatable bonds is 7. The van der Waals surface area contributed by atoms with Gasteiger partial charge >= 0.3 is 0 Å². The summed E-state index contributed by atoms with van der Waals surface area (Å²) in [5.74, 6) is 0.0217. The van der Waals surface area contributed by atoms with E-state index in [1.807, 2.05) is 0 Å². The summed E-state index contributed by atoms with van der Waals surface area (Å²) in [5.41, 5.74) is 1.03. The Morgan fingerprint density at radius 3 is 2.75 bits per heavy atom. The Kier molecular flexibility index (Phi) is 6.48. The molecule has 6 nitrogen and oxygen atoms in total. The van der Waals surface area contributed by atoms with E-state index in [2.05, 4.69) is 38.0 Å². The second-order valence-corrected chi connectivity index (χ2v) is 7.57. The molecular weight excluding hydrogens is 447 g/mol. The molecule has 28 heavy (non-hydrogen) atoms. The van der Waals surface area contributed by atoms with Crippen LogP contribution in [0, 0.1) is 5.82 Å². The van der Waals surface area contributed by atoms with Gasteiger partial charge in [-0.1, -0.05) is 33.8 Å². The Balaban J connectivity index is 1.76. The van der Waals surface area contributed by atoms with Crippen molar-refractivity contribution in [2.24, 2.45) is 0 Å². The third-order valence-electron chi connectivity index (χ3n) is 3.69. The van der Waals surface area contributed by atoms with Crippen LogP contribution < -0.4 is 5.32 Å². The number of aromatic hydroxyl groups is 1. The molecule has 2 aromatic carbocycles. The molecule has 3 rings (SSSR count). The van der Waals surface area contributed by atoms with Crippen molar-refractivity contribution in [2.75, 3.05) is 11.1 Å². The number of carbonyl (C=O) groups excluding carboxylic acids is 1. The van der Waals surface area contributed by atoms with Crippen LogP contribution in [0.2, 0.25) is 0 Å². The molecule has 9 heteroatoms. The molecule has 0 fully saturated rings. The summed E-state index contributed by atoms with van der Waals surface area (Å²) < 4.78 is 15.5. The summed E-state index contributed by atoms with van der Waals surface area (Å²) >= 11 is 4.58. The number of nitrogens with zero attached hydrogens (tertiary/aromatic N) is 3. The van der Waals surface area contributed by atoms with Crippen LogP contribution in [0.4, 0.5) is 10.1 Å². The van der Waals surface area contributed by atoms with Gasteiger partial charge in [0.2, 0.25) is 5.91 Å². The molecule has 0 radical (unpaired) electrons. The van der Waals surface area contributed by atoms with Crippen LogP contribution in [0.25, 0.3) is 11.4 Å². The molecule has 0 aliphatic heterocycles. The van der Waals surface area contributed by atoms with Crippen molar-refractivity contribution in [3.8, 4) is 17.1 Å². The van der Waals surface area contributed by atoms with Crippen molar-refractivity contribution in [1.29, 1.82) is 0 Å². The Morgan fingerprint density at radius 1 is 1.29 bits per heavy atom. The first-order chi connectivity index (χ1) is 13.5. The number of benzene rings is 2. The summed E-state index contributed by atoms with van der Waals surface area (Å²) in [6, 6.07) is 10.6. The average molecular weight is 463 g/mol. The number of hydrogen-bond acceptors (Lipinski definition) is 5. The number of hydrogen-bond donors (Lipinski definition) is 2. The molecular formula is C19H16BrFN4O2S. The van der Waals surface area contributed by atoms with E-state index in [1.165, 1.54) is 36.0 Å². The van der Waals surface area contributed by atoms with Gasteiger partial charge in [-0.2, -0.15) is 0 Å². The second-order valence-electron chi connectivity index (χ2n) is 5.71. The van der Waals surface area contributed by atoms with Crippen LogP contribution in [0.3, 0.4) is 0 Å². The summed E-state index contributed by atoms with van der Waals surface area (Å²) in [6.45, 7) is 4.16. The van der Waals surface area contributed by atoms with Crippen LogP contribution in [-0.2, 0) is 11.3 Å². The Bertz CT molecular complexity index is 1010. The topological polar surface area (TPSA) is 80.0 Å². The number of nitrogens with one attached hydrogen (secondary N) is 1. The van der Waals surface area contributed by atoms with E-state index in [1.54, 1.807) is 28.8 Å². The van der Waals surface area contributed by atoms with Gasteiger partial charge in [0.25, 0.3) is 0 Å². The minimum atomic E-state index is -0.367. The average Bonchev–Trinajstić information content (AvgIpc) is 3.07. The number of phenolic OH excluding ortho intramolecular Hbond substituents is 1. The highest BCUT2D eigenvalue weighted by molar-refractivity contribution is 9.10. The third kappa shape index (κ3) is 4.79. The Labute approximate surface area is 173 Å². The maximum Gasteiger partial charge on any atom is 0.234 e. The minimum Gasteiger partial charge on any atom is -0.507 e. The number of allylic oxidation sites excluding steroid dienone is 1. The van der Waals surface area contributed by atoms with E-state index >= 15 is 0 Å². The lowest BCUT2D eigenvalue weighted by Gasteiger charge is -2.09. The standard InChI is InChI=1S/C19H16BrFN4O2S/c1-2-9-25-18(15-10-12(20)3-8-16(15)26)23-24-19(25)28-11-17(27)22-14-6-4-13(21)5-7-14/h2-8,10,26H,1,9,11H2,(H,22,27). The van der Waals surface area contributed by atoms with Crippen molar-refractivity contribution >= 4 is 39.3 Å². The smallest absolute Gasteiger partial charge is 0.234 e.